The minimum Gasteiger partial charge on any atom is -0.368 e. The third kappa shape index (κ3) is 4.72. The Bertz CT molecular complexity index is 595. The Labute approximate surface area is 151 Å². The number of hydrogen-bond acceptors (Lipinski definition) is 7. The summed E-state index contributed by atoms with van der Waals surface area (Å²) in [5, 5.41) is 6.70. The summed E-state index contributed by atoms with van der Waals surface area (Å²) in [4.78, 5) is 30.7. The lowest BCUT2D eigenvalue weighted by molar-refractivity contribution is -0.143. The third-order valence-corrected chi connectivity index (χ3v) is 5.13. The van der Waals surface area contributed by atoms with Crippen LogP contribution in [0.5, 0.6) is 0 Å². The number of rotatable bonds is 6. The molecular formula is C16H24N4O4S. The van der Waals surface area contributed by atoms with Crippen LogP contribution in [-0.2, 0) is 26.6 Å². The van der Waals surface area contributed by atoms with Crippen LogP contribution in [0.1, 0.15) is 37.4 Å². The van der Waals surface area contributed by atoms with Crippen molar-refractivity contribution in [2.75, 3.05) is 26.0 Å². The molecule has 0 aromatic carbocycles. The number of ether oxygens (including phenoxy) is 1. The molecule has 2 aliphatic heterocycles. The molecule has 0 aliphatic carbocycles. The van der Waals surface area contributed by atoms with Crippen molar-refractivity contribution in [3.05, 3.63) is 11.7 Å². The van der Waals surface area contributed by atoms with Gasteiger partial charge in [-0.15, -0.1) is 0 Å². The molecule has 1 aromatic heterocycles. The van der Waals surface area contributed by atoms with Crippen molar-refractivity contribution in [1.82, 2.24) is 20.4 Å². The molecule has 1 atom stereocenters. The summed E-state index contributed by atoms with van der Waals surface area (Å²) in [5.74, 6) is 1.72. The van der Waals surface area contributed by atoms with Crippen LogP contribution in [-0.4, -0.2) is 58.9 Å². The van der Waals surface area contributed by atoms with Gasteiger partial charge in [-0.05, 0) is 31.9 Å². The topological polar surface area (TPSA) is 97.6 Å². The zero-order valence-corrected chi connectivity index (χ0v) is 15.2. The number of aromatic nitrogens is 2. The van der Waals surface area contributed by atoms with Crippen LogP contribution in [0.3, 0.4) is 0 Å². The molecule has 2 amide bonds. The molecular weight excluding hydrogens is 344 g/mol. The molecule has 0 bridgehead atoms. The number of nitrogens with one attached hydrogen (secondary N) is 1. The average Bonchev–Trinajstić information content (AvgIpc) is 3.31. The van der Waals surface area contributed by atoms with Crippen LogP contribution in [0.15, 0.2) is 4.52 Å². The summed E-state index contributed by atoms with van der Waals surface area (Å²) < 4.78 is 10.6. The Balaban J connectivity index is 1.41. The monoisotopic (exact) mass is 368 g/mol. The Morgan fingerprint density at radius 2 is 2.12 bits per heavy atom. The number of hydrogen-bond donors (Lipinski definition) is 1. The Kier molecular flexibility index (Phi) is 6.30. The maximum Gasteiger partial charge on any atom is 0.251 e. The van der Waals surface area contributed by atoms with E-state index in [0.29, 0.717) is 50.0 Å². The first kappa shape index (κ1) is 18.2. The fourth-order valence-electron chi connectivity index (χ4n) is 3.19. The van der Waals surface area contributed by atoms with E-state index >= 15 is 0 Å². The number of nitrogens with zero attached hydrogens (tertiary/aromatic N) is 3. The van der Waals surface area contributed by atoms with E-state index in [0.717, 1.165) is 12.8 Å². The molecule has 0 unspecified atom stereocenters. The van der Waals surface area contributed by atoms with E-state index in [2.05, 4.69) is 15.5 Å². The summed E-state index contributed by atoms with van der Waals surface area (Å²) >= 11 is 1.61. The maximum absolute atomic E-state index is 12.3. The predicted molar refractivity (Wildman–Crippen MR) is 91.6 cm³/mol. The van der Waals surface area contributed by atoms with Crippen molar-refractivity contribution in [2.24, 2.45) is 5.92 Å². The normalized spacial score (nSPS) is 21.5. The Morgan fingerprint density at radius 3 is 2.80 bits per heavy atom. The molecule has 2 aliphatic rings. The van der Waals surface area contributed by atoms with Gasteiger partial charge in [0.1, 0.15) is 6.10 Å². The van der Waals surface area contributed by atoms with Crippen molar-refractivity contribution in [1.29, 1.82) is 0 Å². The van der Waals surface area contributed by atoms with Gasteiger partial charge in [0.25, 0.3) is 5.91 Å². The molecule has 0 spiro atoms. The lowest BCUT2D eigenvalue weighted by Gasteiger charge is -2.32. The molecule has 8 nitrogen and oxygen atoms in total. The molecule has 2 fully saturated rings. The number of thioether (sulfide) groups is 1. The smallest absolute Gasteiger partial charge is 0.251 e. The van der Waals surface area contributed by atoms with Gasteiger partial charge in [-0.1, -0.05) is 5.16 Å². The summed E-state index contributed by atoms with van der Waals surface area (Å²) in [5.41, 5.74) is 0. The van der Waals surface area contributed by atoms with Gasteiger partial charge < -0.3 is 19.5 Å². The second kappa shape index (κ2) is 8.66. The van der Waals surface area contributed by atoms with Crippen molar-refractivity contribution < 1.29 is 18.8 Å². The molecule has 1 N–H and O–H groups in total. The largest absolute Gasteiger partial charge is 0.368 e. The lowest BCUT2D eigenvalue weighted by atomic mass is 9.95. The molecule has 9 heteroatoms. The van der Waals surface area contributed by atoms with Crippen LogP contribution in [0.2, 0.25) is 0 Å². The van der Waals surface area contributed by atoms with Crippen LogP contribution in [0.25, 0.3) is 0 Å². The van der Waals surface area contributed by atoms with Crippen LogP contribution in [0, 0.1) is 5.92 Å². The van der Waals surface area contributed by atoms with E-state index in [-0.39, 0.29) is 30.4 Å². The van der Waals surface area contributed by atoms with Crippen LogP contribution in [0.4, 0.5) is 0 Å². The van der Waals surface area contributed by atoms with Crippen molar-refractivity contribution in [3.63, 3.8) is 0 Å². The van der Waals surface area contributed by atoms with Crippen molar-refractivity contribution in [2.45, 2.75) is 44.1 Å². The zero-order chi connectivity index (χ0) is 17.6. The van der Waals surface area contributed by atoms with E-state index in [1.54, 1.807) is 11.8 Å². The lowest BCUT2D eigenvalue weighted by Crippen LogP contribution is -2.46. The summed E-state index contributed by atoms with van der Waals surface area (Å²) in [6.07, 6.45) is 4.79. The van der Waals surface area contributed by atoms with Gasteiger partial charge in [-0.2, -0.15) is 16.7 Å². The fraction of sp³-hybridized carbons (Fsp3) is 0.750. The highest BCUT2D eigenvalue weighted by molar-refractivity contribution is 7.97. The molecule has 3 rings (SSSR count). The first-order chi connectivity index (χ1) is 12.2. The van der Waals surface area contributed by atoms with Gasteiger partial charge in [-0.3, -0.25) is 9.59 Å². The average molecular weight is 368 g/mol. The highest BCUT2D eigenvalue weighted by Crippen LogP contribution is 2.21. The Morgan fingerprint density at radius 1 is 1.32 bits per heavy atom. The summed E-state index contributed by atoms with van der Waals surface area (Å²) in [6.45, 7) is 2.13. The molecule has 138 valence electrons. The summed E-state index contributed by atoms with van der Waals surface area (Å²) in [7, 11) is 0. The SMILES string of the molecule is CSCc1noc(CNC(=O)C2CCN(C(=O)[C@H]3CCCO3)CC2)n1. The van der Waals surface area contributed by atoms with Crippen molar-refractivity contribution in [3.8, 4) is 0 Å². The second-order valence-corrected chi connectivity index (χ2v) is 7.22. The van der Waals surface area contributed by atoms with Gasteiger partial charge in [-0.25, -0.2) is 0 Å². The first-order valence-electron chi connectivity index (χ1n) is 8.66. The van der Waals surface area contributed by atoms with Gasteiger partial charge in [0, 0.05) is 25.6 Å². The molecule has 0 saturated carbocycles. The molecule has 2 saturated heterocycles. The second-order valence-electron chi connectivity index (χ2n) is 6.36. The zero-order valence-electron chi connectivity index (χ0n) is 14.4. The number of carbonyl (C=O) groups excluding carboxylic acids is 2. The quantitative estimate of drug-likeness (QED) is 0.799. The third-order valence-electron chi connectivity index (χ3n) is 4.58. The molecule has 1 aromatic rings. The maximum atomic E-state index is 12.3. The molecule has 3 heterocycles. The molecule has 0 radical (unpaired) electrons. The van der Waals surface area contributed by atoms with Crippen molar-refractivity contribution >= 4 is 23.6 Å². The Hall–Kier alpha value is -1.61. The van der Waals surface area contributed by atoms with E-state index in [1.165, 1.54) is 0 Å². The van der Waals surface area contributed by atoms with Crippen LogP contribution < -0.4 is 5.32 Å². The van der Waals surface area contributed by atoms with E-state index in [4.69, 9.17) is 9.26 Å². The van der Waals surface area contributed by atoms with Gasteiger partial charge in [0.15, 0.2) is 5.82 Å². The highest BCUT2D eigenvalue weighted by Gasteiger charge is 2.32. The first-order valence-corrected chi connectivity index (χ1v) is 10.0. The van der Waals surface area contributed by atoms with Crippen LogP contribution >= 0.6 is 11.8 Å². The summed E-state index contributed by atoms with van der Waals surface area (Å²) in [6, 6.07) is 0. The van der Waals surface area contributed by atoms with E-state index in [9.17, 15) is 9.59 Å². The van der Waals surface area contributed by atoms with E-state index < -0.39 is 0 Å². The van der Waals surface area contributed by atoms with Gasteiger partial charge in [0.2, 0.25) is 11.8 Å². The number of likely N-dealkylation sites (tertiary alicyclic amines) is 1. The fourth-order valence-corrected chi connectivity index (χ4v) is 3.57. The highest BCUT2D eigenvalue weighted by atomic mass is 32.2. The minimum absolute atomic E-state index is 0.0196. The number of amides is 2. The minimum atomic E-state index is -0.279. The number of carbonyl (C=O) groups is 2. The van der Waals surface area contributed by atoms with E-state index in [1.807, 2.05) is 11.2 Å². The van der Waals surface area contributed by atoms with Gasteiger partial charge >= 0.3 is 0 Å². The molecule has 25 heavy (non-hydrogen) atoms. The standard InChI is InChI=1S/C16H24N4O4S/c1-25-10-13-18-14(24-19-13)9-17-15(21)11-4-6-20(7-5-11)16(22)12-3-2-8-23-12/h11-12H,2-10H2,1H3,(H,17,21)/t12-/m1/s1. The predicted octanol–water partition coefficient (Wildman–Crippen LogP) is 0.966. The van der Waals surface area contributed by atoms with Gasteiger partial charge in [0.05, 0.1) is 12.3 Å². The number of piperidine rings is 1.